The van der Waals surface area contributed by atoms with Crippen molar-refractivity contribution < 1.29 is 9.90 Å². The molecule has 0 saturated carbocycles. The second-order valence-electron chi connectivity index (χ2n) is 4.17. The number of aliphatic carboxylic acids is 1. The molecule has 0 aliphatic carbocycles. The van der Waals surface area contributed by atoms with Crippen LogP contribution in [0.2, 0.25) is 0 Å². The number of hydrogen-bond acceptors (Lipinski definition) is 3. The zero-order chi connectivity index (χ0) is 11.8. The van der Waals surface area contributed by atoms with E-state index in [-0.39, 0.29) is 0 Å². The Morgan fingerprint density at radius 2 is 2.47 bits per heavy atom. The van der Waals surface area contributed by atoms with Crippen LogP contribution in [0.1, 0.15) is 24.7 Å². The fourth-order valence-corrected chi connectivity index (χ4v) is 2.94. The van der Waals surface area contributed by atoms with Crippen LogP contribution in [0.5, 0.6) is 0 Å². The number of nitrogens with zero attached hydrogens (tertiary/aromatic N) is 2. The van der Waals surface area contributed by atoms with Crippen LogP contribution in [0, 0.1) is 0 Å². The normalized spacial score (nSPS) is 18.9. The van der Waals surface area contributed by atoms with E-state index >= 15 is 0 Å². The van der Waals surface area contributed by atoms with E-state index in [1.54, 1.807) is 11.3 Å². The maximum atomic E-state index is 11.2. The molecule has 3 rings (SSSR count). The molecule has 2 aromatic heterocycles. The molecule has 0 radical (unpaired) electrons. The number of rotatable bonds is 2. The van der Waals surface area contributed by atoms with E-state index < -0.39 is 12.0 Å². The Labute approximate surface area is 103 Å². The summed E-state index contributed by atoms with van der Waals surface area (Å²) in [5.74, 6) is 0.133. The molecule has 1 unspecified atom stereocenters. The molecule has 0 aromatic carbocycles. The van der Waals surface area contributed by atoms with Gasteiger partial charge in [0.05, 0.1) is 10.6 Å². The van der Waals surface area contributed by atoms with Crippen LogP contribution in [0.25, 0.3) is 10.6 Å². The summed E-state index contributed by atoms with van der Waals surface area (Å²) >= 11 is 1.63. The van der Waals surface area contributed by atoms with Gasteiger partial charge in [-0.3, -0.25) is 0 Å². The predicted octanol–water partition coefficient (Wildman–Crippen LogP) is 2.57. The molecule has 5 heteroatoms. The van der Waals surface area contributed by atoms with Crippen LogP contribution in [-0.2, 0) is 11.2 Å². The Morgan fingerprint density at radius 1 is 1.59 bits per heavy atom. The Morgan fingerprint density at radius 3 is 3.18 bits per heavy atom. The maximum absolute atomic E-state index is 11.2. The average molecular weight is 248 g/mol. The van der Waals surface area contributed by atoms with Crippen molar-refractivity contribution in [1.29, 1.82) is 0 Å². The lowest BCUT2D eigenvalue weighted by atomic mass is 10.1. The SMILES string of the molecule is O=C(O)C1CCCc2nc(-c3cccs3)cn21. The topological polar surface area (TPSA) is 55.1 Å². The van der Waals surface area contributed by atoms with Crippen LogP contribution >= 0.6 is 11.3 Å². The van der Waals surface area contributed by atoms with Gasteiger partial charge in [-0.25, -0.2) is 9.78 Å². The van der Waals surface area contributed by atoms with E-state index in [9.17, 15) is 9.90 Å². The van der Waals surface area contributed by atoms with Crippen molar-refractivity contribution in [1.82, 2.24) is 9.55 Å². The lowest BCUT2D eigenvalue weighted by molar-refractivity contribution is -0.141. The second-order valence-corrected chi connectivity index (χ2v) is 5.12. The number of hydrogen-bond donors (Lipinski definition) is 1. The summed E-state index contributed by atoms with van der Waals surface area (Å²) in [4.78, 5) is 16.8. The Balaban J connectivity index is 2.04. The first-order valence-electron chi connectivity index (χ1n) is 5.60. The van der Waals surface area contributed by atoms with Crippen molar-refractivity contribution in [3.63, 3.8) is 0 Å². The first kappa shape index (κ1) is 10.5. The standard InChI is InChI=1S/C12H12N2O2S/c15-12(16)9-3-1-5-11-13-8(7-14(9)11)10-4-2-6-17-10/h2,4,6-7,9H,1,3,5H2,(H,15,16). The van der Waals surface area contributed by atoms with Gasteiger partial charge in [0.2, 0.25) is 0 Å². The van der Waals surface area contributed by atoms with Gasteiger partial charge in [0, 0.05) is 12.6 Å². The van der Waals surface area contributed by atoms with Crippen molar-refractivity contribution in [2.45, 2.75) is 25.3 Å². The van der Waals surface area contributed by atoms with Crippen LogP contribution < -0.4 is 0 Å². The number of aromatic nitrogens is 2. The molecule has 0 saturated heterocycles. The summed E-state index contributed by atoms with van der Waals surface area (Å²) < 4.78 is 1.82. The summed E-state index contributed by atoms with van der Waals surface area (Å²) in [6, 6.07) is 3.54. The average Bonchev–Trinajstić information content (AvgIpc) is 2.96. The van der Waals surface area contributed by atoms with Crippen molar-refractivity contribution in [2.75, 3.05) is 0 Å². The minimum Gasteiger partial charge on any atom is -0.480 e. The number of thiophene rings is 1. The van der Waals surface area contributed by atoms with Crippen LogP contribution in [0.3, 0.4) is 0 Å². The third kappa shape index (κ3) is 1.76. The lowest BCUT2D eigenvalue weighted by Gasteiger charge is -2.20. The summed E-state index contributed by atoms with van der Waals surface area (Å²) in [6.07, 6.45) is 4.34. The molecule has 0 bridgehead atoms. The largest absolute Gasteiger partial charge is 0.480 e. The van der Waals surface area contributed by atoms with E-state index in [0.29, 0.717) is 6.42 Å². The molecular weight excluding hydrogens is 236 g/mol. The fraction of sp³-hybridized carbons (Fsp3) is 0.333. The zero-order valence-corrected chi connectivity index (χ0v) is 9.98. The number of fused-ring (bicyclic) bond motifs is 1. The molecule has 3 heterocycles. The van der Waals surface area contributed by atoms with E-state index in [1.807, 2.05) is 28.3 Å². The molecule has 1 aliphatic rings. The minimum absolute atomic E-state index is 0.444. The van der Waals surface area contributed by atoms with E-state index in [0.717, 1.165) is 29.2 Å². The summed E-state index contributed by atoms with van der Waals surface area (Å²) in [6.45, 7) is 0. The molecule has 0 spiro atoms. The van der Waals surface area contributed by atoms with Crippen LogP contribution in [0.15, 0.2) is 23.7 Å². The number of carbonyl (C=O) groups is 1. The van der Waals surface area contributed by atoms with Crippen molar-refractivity contribution >= 4 is 17.3 Å². The maximum Gasteiger partial charge on any atom is 0.326 e. The number of carboxylic acids is 1. The van der Waals surface area contributed by atoms with Crippen molar-refractivity contribution in [3.8, 4) is 10.6 Å². The molecule has 1 N–H and O–H groups in total. The van der Waals surface area contributed by atoms with Crippen LogP contribution in [-0.4, -0.2) is 20.6 Å². The molecule has 1 aliphatic heterocycles. The summed E-state index contributed by atoms with van der Waals surface area (Å²) in [5.41, 5.74) is 0.892. The van der Waals surface area contributed by atoms with Gasteiger partial charge >= 0.3 is 5.97 Å². The van der Waals surface area contributed by atoms with E-state index in [1.165, 1.54) is 0 Å². The van der Waals surface area contributed by atoms with Gasteiger partial charge < -0.3 is 9.67 Å². The highest BCUT2D eigenvalue weighted by molar-refractivity contribution is 7.13. The van der Waals surface area contributed by atoms with Crippen molar-refractivity contribution in [2.24, 2.45) is 0 Å². The van der Waals surface area contributed by atoms with Gasteiger partial charge in [-0.1, -0.05) is 6.07 Å². The molecule has 0 fully saturated rings. The van der Waals surface area contributed by atoms with Crippen LogP contribution in [0.4, 0.5) is 0 Å². The molecule has 1 atom stereocenters. The van der Waals surface area contributed by atoms with Gasteiger partial charge in [-0.05, 0) is 24.3 Å². The van der Waals surface area contributed by atoms with E-state index in [2.05, 4.69) is 4.98 Å². The highest BCUT2D eigenvalue weighted by Gasteiger charge is 2.27. The van der Waals surface area contributed by atoms with Gasteiger partial charge in [-0.2, -0.15) is 0 Å². The van der Waals surface area contributed by atoms with Crippen molar-refractivity contribution in [3.05, 3.63) is 29.5 Å². The minimum atomic E-state index is -0.763. The highest BCUT2D eigenvalue weighted by Crippen LogP contribution is 2.30. The van der Waals surface area contributed by atoms with Gasteiger partial charge in [0.15, 0.2) is 0 Å². The smallest absolute Gasteiger partial charge is 0.326 e. The number of aryl methyl sites for hydroxylation is 1. The molecule has 2 aromatic rings. The Bertz CT molecular complexity index is 545. The quantitative estimate of drug-likeness (QED) is 0.888. The molecule has 0 amide bonds. The molecule has 88 valence electrons. The monoisotopic (exact) mass is 248 g/mol. The number of imidazole rings is 1. The first-order valence-corrected chi connectivity index (χ1v) is 6.48. The predicted molar refractivity (Wildman–Crippen MR) is 65.2 cm³/mol. The molecule has 17 heavy (non-hydrogen) atoms. The summed E-state index contributed by atoms with van der Waals surface area (Å²) in [5, 5.41) is 11.2. The van der Waals surface area contributed by atoms with Gasteiger partial charge in [0.1, 0.15) is 11.9 Å². The first-order chi connectivity index (χ1) is 8.25. The molecular formula is C12H12N2O2S. The third-order valence-corrected chi connectivity index (χ3v) is 3.97. The molecule has 4 nitrogen and oxygen atoms in total. The highest BCUT2D eigenvalue weighted by atomic mass is 32.1. The fourth-order valence-electron chi connectivity index (χ4n) is 2.26. The zero-order valence-electron chi connectivity index (χ0n) is 9.17. The van der Waals surface area contributed by atoms with Gasteiger partial charge in [0.25, 0.3) is 0 Å². The Kier molecular flexibility index (Phi) is 2.48. The van der Waals surface area contributed by atoms with E-state index in [4.69, 9.17) is 0 Å². The third-order valence-electron chi connectivity index (χ3n) is 3.08. The second kappa shape index (κ2) is 4.00. The Hall–Kier alpha value is -1.62. The van der Waals surface area contributed by atoms with Gasteiger partial charge in [-0.15, -0.1) is 11.3 Å². The lowest BCUT2D eigenvalue weighted by Crippen LogP contribution is -2.24. The summed E-state index contributed by atoms with van der Waals surface area (Å²) in [7, 11) is 0. The number of carboxylic acid groups (broad SMARTS) is 1.